The molecule has 12 heteroatoms. The van der Waals surface area contributed by atoms with Gasteiger partial charge in [0.05, 0.1) is 6.61 Å². The van der Waals surface area contributed by atoms with Crippen LogP contribution in [0.15, 0.2) is 23.1 Å². The molecule has 5 atom stereocenters. The number of carbonyl (C=O) groups is 1. The summed E-state index contributed by atoms with van der Waals surface area (Å²) in [7, 11) is -4.83. The molecule has 0 amide bonds. The summed E-state index contributed by atoms with van der Waals surface area (Å²) in [6.07, 6.45) is -7.46. The first kappa shape index (κ1) is 22.5. The minimum absolute atomic E-state index is 0.102. The van der Waals surface area contributed by atoms with Gasteiger partial charge in [-0.25, -0.2) is 0 Å². The minimum Gasteiger partial charge on any atom is -0.461 e. The fraction of sp³-hybridized carbons (Fsp3) is 0.562. The van der Waals surface area contributed by atoms with Gasteiger partial charge in [-0.15, -0.1) is 0 Å². The molecule has 1 fully saturated rings. The quantitative estimate of drug-likeness (QED) is 0.203. The third-order valence-corrected chi connectivity index (χ3v) is 4.85. The molecular weight excluding hydrogens is 400 g/mol. The first-order valence-electron chi connectivity index (χ1n) is 8.37. The van der Waals surface area contributed by atoms with Crippen LogP contribution in [0.3, 0.4) is 0 Å². The van der Waals surface area contributed by atoms with E-state index in [-0.39, 0.29) is 12.2 Å². The molecule has 11 nitrogen and oxygen atoms in total. The molecule has 1 aliphatic rings. The molecule has 0 spiro atoms. The average Bonchev–Trinajstić information content (AvgIpc) is 2.62. The lowest BCUT2D eigenvalue weighted by molar-refractivity contribution is -0.277. The van der Waals surface area contributed by atoms with E-state index in [1.165, 1.54) is 6.07 Å². The zero-order valence-electron chi connectivity index (χ0n) is 14.8. The standard InChI is InChI=1S/C16H22O11S/c1-2-3-12(18)25-8-4-5-9(11(6-8)28(22,23)24)26-16-15(21)14(20)13(19)10(7-17)27-16/h4-6,10,13-17,19-21H,2-3,7H2,1H3,(H,22,23,24). The predicted molar refractivity (Wildman–Crippen MR) is 91.2 cm³/mol. The van der Waals surface area contributed by atoms with E-state index in [1.807, 2.05) is 0 Å². The number of benzene rings is 1. The van der Waals surface area contributed by atoms with E-state index in [0.717, 1.165) is 12.1 Å². The van der Waals surface area contributed by atoms with Crippen LogP contribution in [0, 0.1) is 0 Å². The van der Waals surface area contributed by atoms with Crippen molar-refractivity contribution in [3.63, 3.8) is 0 Å². The van der Waals surface area contributed by atoms with Crippen molar-refractivity contribution >= 4 is 16.1 Å². The van der Waals surface area contributed by atoms with E-state index in [9.17, 15) is 38.2 Å². The van der Waals surface area contributed by atoms with E-state index in [0.29, 0.717) is 6.42 Å². The molecule has 5 unspecified atom stereocenters. The highest BCUT2D eigenvalue weighted by Crippen LogP contribution is 2.32. The number of aliphatic hydroxyl groups is 4. The number of rotatable bonds is 7. The average molecular weight is 422 g/mol. The molecule has 0 aliphatic carbocycles. The second-order valence-electron chi connectivity index (χ2n) is 6.12. The molecule has 1 heterocycles. The van der Waals surface area contributed by atoms with Crippen LogP contribution in [-0.4, -0.2) is 76.7 Å². The SMILES string of the molecule is CCCC(=O)Oc1ccc(OC2OC(CO)C(O)C(O)C2O)c(S(=O)(=O)O)c1. The summed E-state index contributed by atoms with van der Waals surface area (Å²) in [5, 5.41) is 38.7. The lowest BCUT2D eigenvalue weighted by Gasteiger charge is -2.39. The first-order valence-corrected chi connectivity index (χ1v) is 9.81. The molecule has 2 rings (SSSR count). The second-order valence-corrected chi connectivity index (χ2v) is 7.51. The second kappa shape index (κ2) is 9.13. The monoisotopic (exact) mass is 422 g/mol. The Morgan fingerprint density at radius 1 is 1.18 bits per heavy atom. The van der Waals surface area contributed by atoms with Crippen LogP contribution < -0.4 is 9.47 Å². The van der Waals surface area contributed by atoms with Crippen molar-refractivity contribution in [3.8, 4) is 11.5 Å². The summed E-state index contributed by atoms with van der Waals surface area (Å²) in [5.74, 6) is -1.24. The van der Waals surface area contributed by atoms with Crippen LogP contribution in [-0.2, 0) is 19.6 Å². The van der Waals surface area contributed by atoms with Crippen LogP contribution in [0.25, 0.3) is 0 Å². The summed E-state index contributed by atoms with van der Waals surface area (Å²) >= 11 is 0. The Hall–Kier alpha value is -1.80. The summed E-state index contributed by atoms with van der Waals surface area (Å²) in [6, 6.07) is 3.10. The van der Waals surface area contributed by atoms with Gasteiger partial charge in [-0.05, 0) is 18.6 Å². The molecule has 0 radical (unpaired) electrons. The normalized spacial score (nSPS) is 28.0. The van der Waals surface area contributed by atoms with E-state index < -0.39 is 64.0 Å². The third kappa shape index (κ3) is 5.17. The zero-order chi connectivity index (χ0) is 21.1. The zero-order valence-corrected chi connectivity index (χ0v) is 15.7. The predicted octanol–water partition coefficient (Wildman–Crippen LogP) is -1.18. The third-order valence-electron chi connectivity index (χ3n) is 3.97. The number of ether oxygens (including phenoxy) is 3. The molecule has 1 aromatic rings. The highest BCUT2D eigenvalue weighted by atomic mass is 32.2. The van der Waals surface area contributed by atoms with Gasteiger partial charge in [0.25, 0.3) is 10.1 Å². The molecule has 1 saturated heterocycles. The Morgan fingerprint density at radius 2 is 1.86 bits per heavy atom. The fourth-order valence-electron chi connectivity index (χ4n) is 2.53. The molecule has 0 bridgehead atoms. The maximum absolute atomic E-state index is 11.7. The maximum atomic E-state index is 11.7. The molecule has 28 heavy (non-hydrogen) atoms. The number of carbonyl (C=O) groups excluding carboxylic acids is 1. The number of esters is 1. The summed E-state index contributed by atoms with van der Waals surface area (Å²) < 4.78 is 48.1. The van der Waals surface area contributed by atoms with Gasteiger partial charge in [-0.3, -0.25) is 9.35 Å². The molecule has 158 valence electrons. The largest absolute Gasteiger partial charge is 0.461 e. The Bertz CT molecular complexity index is 792. The van der Waals surface area contributed by atoms with Crippen molar-refractivity contribution in [3.05, 3.63) is 18.2 Å². The number of hydrogen-bond donors (Lipinski definition) is 5. The van der Waals surface area contributed by atoms with Crippen LogP contribution in [0.1, 0.15) is 19.8 Å². The lowest BCUT2D eigenvalue weighted by atomic mass is 9.99. The highest BCUT2D eigenvalue weighted by Gasteiger charge is 2.45. The van der Waals surface area contributed by atoms with Gasteiger partial charge in [0.1, 0.15) is 40.8 Å². The van der Waals surface area contributed by atoms with Gasteiger partial charge in [0, 0.05) is 12.5 Å². The smallest absolute Gasteiger partial charge is 0.311 e. The Kier molecular flexibility index (Phi) is 7.33. The van der Waals surface area contributed by atoms with Gasteiger partial charge in [0.15, 0.2) is 0 Å². The van der Waals surface area contributed by atoms with Crippen molar-refractivity contribution in [2.45, 2.75) is 55.4 Å². The van der Waals surface area contributed by atoms with E-state index in [2.05, 4.69) is 0 Å². The number of aliphatic hydroxyl groups excluding tert-OH is 4. The van der Waals surface area contributed by atoms with Crippen molar-refractivity contribution in [1.82, 2.24) is 0 Å². The highest BCUT2D eigenvalue weighted by molar-refractivity contribution is 7.86. The topological polar surface area (TPSA) is 180 Å². The van der Waals surface area contributed by atoms with Crippen LogP contribution in [0.5, 0.6) is 11.5 Å². The van der Waals surface area contributed by atoms with Crippen molar-refractivity contribution in [1.29, 1.82) is 0 Å². The summed E-state index contributed by atoms with van der Waals surface area (Å²) in [6.45, 7) is 1.05. The maximum Gasteiger partial charge on any atom is 0.311 e. The fourth-order valence-corrected chi connectivity index (χ4v) is 3.16. The summed E-state index contributed by atoms with van der Waals surface area (Å²) in [4.78, 5) is 10.8. The molecule has 0 saturated carbocycles. The van der Waals surface area contributed by atoms with E-state index >= 15 is 0 Å². The molecular formula is C16H22O11S. The molecule has 1 aromatic carbocycles. The van der Waals surface area contributed by atoms with Crippen LogP contribution in [0.4, 0.5) is 0 Å². The molecule has 1 aliphatic heterocycles. The van der Waals surface area contributed by atoms with Gasteiger partial charge in [-0.2, -0.15) is 8.42 Å². The van der Waals surface area contributed by atoms with Crippen molar-refractivity contribution in [2.24, 2.45) is 0 Å². The first-order chi connectivity index (χ1) is 13.1. The van der Waals surface area contributed by atoms with Gasteiger partial charge in [0.2, 0.25) is 6.29 Å². The Labute approximate surface area is 160 Å². The van der Waals surface area contributed by atoms with Crippen molar-refractivity contribution < 1.29 is 52.4 Å². The van der Waals surface area contributed by atoms with Crippen LogP contribution >= 0.6 is 0 Å². The van der Waals surface area contributed by atoms with Gasteiger partial charge >= 0.3 is 5.97 Å². The Morgan fingerprint density at radius 3 is 2.43 bits per heavy atom. The van der Waals surface area contributed by atoms with Gasteiger partial charge < -0.3 is 34.6 Å². The van der Waals surface area contributed by atoms with E-state index in [1.54, 1.807) is 6.92 Å². The molecule has 5 N–H and O–H groups in total. The lowest BCUT2D eigenvalue weighted by Crippen LogP contribution is -2.60. The molecule has 0 aromatic heterocycles. The van der Waals surface area contributed by atoms with Crippen LogP contribution in [0.2, 0.25) is 0 Å². The summed E-state index contributed by atoms with van der Waals surface area (Å²) in [5.41, 5.74) is 0. The van der Waals surface area contributed by atoms with E-state index in [4.69, 9.17) is 14.2 Å². The van der Waals surface area contributed by atoms with Crippen molar-refractivity contribution in [2.75, 3.05) is 6.61 Å². The Balaban J connectivity index is 2.30. The van der Waals surface area contributed by atoms with Gasteiger partial charge in [-0.1, -0.05) is 6.92 Å². The minimum atomic E-state index is -4.83. The number of hydrogen-bond acceptors (Lipinski definition) is 10.